The van der Waals surface area contributed by atoms with Crippen molar-refractivity contribution in [3.63, 3.8) is 0 Å². The summed E-state index contributed by atoms with van der Waals surface area (Å²) in [5.74, 6) is -2.33. The van der Waals surface area contributed by atoms with E-state index in [9.17, 15) is 23.5 Å². The molecule has 0 aliphatic rings. The highest BCUT2D eigenvalue weighted by Crippen LogP contribution is 2.32. The third-order valence-electron chi connectivity index (χ3n) is 6.18. The Morgan fingerprint density at radius 2 is 1.82 bits per heavy atom. The van der Waals surface area contributed by atoms with Crippen molar-refractivity contribution in [1.29, 1.82) is 0 Å². The number of carbonyl (C=O) groups excluding carboxylic acids is 1. The Morgan fingerprint density at radius 3 is 2.60 bits per heavy atom. The van der Waals surface area contributed by atoms with Gasteiger partial charge in [0.05, 0.1) is 16.6 Å². The van der Waals surface area contributed by atoms with Gasteiger partial charge < -0.3 is 20.4 Å². The number of nitrogens with zero attached hydrogens (tertiary/aromatic N) is 1. The third-order valence-corrected chi connectivity index (χ3v) is 6.75. The zero-order valence-corrected chi connectivity index (χ0v) is 22.0. The number of aromatic amines is 2. The molecule has 0 aliphatic heterocycles. The van der Waals surface area contributed by atoms with E-state index in [1.54, 1.807) is 18.2 Å². The number of aromatic nitrogens is 3. The van der Waals surface area contributed by atoms with E-state index in [1.807, 2.05) is 30.3 Å². The van der Waals surface area contributed by atoms with Crippen molar-refractivity contribution in [2.75, 3.05) is 0 Å². The van der Waals surface area contributed by atoms with Crippen LogP contribution >= 0.6 is 23.2 Å². The van der Waals surface area contributed by atoms with Crippen LogP contribution in [0.2, 0.25) is 10.2 Å². The van der Waals surface area contributed by atoms with Crippen molar-refractivity contribution in [3.05, 3.63) is 122 Å². The number of benzene rings is 3. The Hall–Kier alpha value is -4.47. The first kappa shape index (κ1) is 27.1. The summed E-state index contributed by atoms with van der Waals surface area (Å²) in [6.45, 7) is 0. The standard InChI is InChI=1S/C29H20Cl2F2N4O3/c30-19-8-9-20(32)17(26(19)33)7-11-24(39)35-22(12-15-4-2-1-3-5-15)29-36-27(28(31)37-29)16-6-10-21-18(13-16)23(38)14-25(40)34-21/h1-11,13-14,22H,12H2,(H,35,39)(H,36,37)(H2,34,38,40)/b11-7+/t22-/m0/s1. The summed E-state index contributed by atoms with van der Waals surface area (Å²) in [4.78, 5) is 34.8. The summed E-state index contributed by atoms with van der Waals surface area (Å²) in [5, 5.41) is 13.4. The summed E-state index contributed by atoms with van der Waals surface area (Å²) < 4.78 is 28.4. The second kappa shape index (κ2) is 11.3. The van der Waals surface area contributed by atoms with Crippen LogP contribution < -0.4 is 10.9 Å². The molecule has 3 aromatic carbocycles. The summed E-state index contributed by atoms with van der Waals surface area (Å²) in [6.07, 6.45) is 2.34. The number of H-pyrrole nitrogens is 2. The van der Waals surface area contributed by atoms with E-state index < -0.39 is 34.7 Å². The molecule has 4 N–H and O–H groups in total. The topological polar surface area (TPSA) is 111 Å². The van der Waals surface area contributed by atoms with Gasteiger partial charge in [0.25, 0.3) is 5.56 Å². The Labute approximate surface area is 236 Å². The van der Waals surface area contributed by atoms with Crippen LogP contribution in [0, 0.1) is 11.6 Å². The van der Waals surface area contributed by atoms with Crippen molar-refractivity contribution >= 4 is 46.1 Å². The van der Waals surface area contributed by atoms with Gasteiger partial charge in [-0.2, -0.15) is 0 Å². The van der Waals surface area contributed by atoms with Gasteiger partial charge >= 0.3 is 0 Å². The van der Waals surface area contributed by atoms with Gasteiger partial charge in [0.2, 0.25) is 5.91 Å². The van der Waals surface area contributed by atoms with Crippen molar-refractivity contribution < 1.29 is 18.7 Å². The summed E-state index contributed by atoms with van der Waals surface area (Å²) in [5.41, 5.74) is 1.36. The quantitative estimate of drug-likeness (QED) is 0.133. The smallest absolute Gasteiger partial charge is 0.252 e. The minimum absolute atomic E-state index is 0.184. The normalized spacial score (nSPS) is 12.2. The van der Waals surface area contributed by atoms with Crippen LogP contribution in [0.25, 0.3) is 28.2 Å². The fourth-order valence-corrected chi connectivity index (χ4v) is 4.66. The van der Waals surface area contributed by atoms with Crippen LogP contribution in [0.15, 0.2) is 77.6 Å². The predicted octanol–water partition coefficient (Wildman–Crippen LogP) is 6.32. The molecule has 0 spiro atoms. The number of imidazole rings is 1. The Bertz CT molecular complexity index is 1820. The highest BCUT2D eigenvalue weighted by molar-refractivity contribution is 6.32. The molecule has 40 heavy (non-hydrogen) atoms. The van der Waals surface area contributed by atoms with Crippen LogP contribution in [-0.4, -0.2) is 26.0 Å². The first-order valence-electron chi connectivity index (χ1n) is 12.0. The number of aromatic hydroxyl groups is 1. The maximum atomic E-state index is 14.3. The van der Waals surface area contributed by atoms with E-state index >= 15 is 0 Å². The molecule has 0 unspecified atom stereocenters. The fourth-order valence-electron chi connectivity index (χ4n) is 4.25. The molecule has 5 aromatic rings. The second-order valence-corrected chi connectivity index (χ2v) is 9.69. The lowest BCUT2D eigenvalue weighted by Crippen LogP contribution is -2.29. The molecule has 202 valence electrons. The van der Waals surface area contributed by atoms with Crippen LogP contribution in [0.4, 0.5) is 8.78 Å². The van der Waals surface area contributed by atoms with Gasteiger partial charge in [0.1, 0.15) is 28.2 Å². The van der Waals surface area contributed by atoms with Crippen molar-refractivity contribution in [2.45, 2.75) is 12.5 Å². The molecule has 5 rings (SSSR count). The highest BCUT2D eigenvalue weighted by Gasteiger charge is 2.22. The van der Waals surface area contributed by atoms with E-state index in [-0.39, 0.29) is 15.9 Å². The lowest BCUT2D eigenvalue weighted by atomic mass is 10.1. The van der Waals surface area contributed by atoms with Gasteiger partial charge in [-0.1, -0.05) is 59.6 Å². The molecule has 0 saturated heterocycles. The molecule has 2 heterocycles. The summed E-state index contributed by atoms with van der Waals surface area (Å²) >= 11 is 12.2. The largest absolute Gasteiger partial charge is 0.507 e. The minimum atomic E-state index is -0.973. The number of pyridine rings is 1. The number of hydrogen-bond donors (Lipinski definition) is 4. The van der Waals surface area contributed by atoms with E-state index in [4.69, 9.17) is 23.2 Å². The minimum Gasteiger partial charge on any atom is -0.507 e. The molecule has 0 saturated carbocycles. The molecule has 0 radical (unpaired) electrons. The van der Waals surface area contributed by atoms with Gasteiger partial charge in [-0.15, -0.1) is 0 Å². The SMILES string of the molecule is O=C(/C=C/c1c(F)ccc(Cl)c1F)N[C@@H](Cc1ccccc1)c1nc(-c2ccc3[nH]c(=O)cc(O)c3c2)c(Cl)[nH]1. The molecule has 1 atom stereocenters. The molecule has 7 nitrogen and oxygen atoms in total. The van der Waals surface area contributed by atoms with E-state index in [2.05, 4.69) is 20.3 Å². The molecule has 0 fully saturated rings. The van der Waals surface area contributed by atoms with Crippen molar-refractivity contribution in [3.8, 4) is 17.0 Å². The average Bonchev–Trinajstić information content (AvgIpc) is 3.32. The number of amides is 1. The molecule has 1 amide bonds. The zero-order chi connectivity index (χ0) is 28.4. The van der Waals surface area contributed by atoms with Crippen molar-refractivity contribution in [2.24, 2.45) is 0 Å². The van der Waals surface area contributed by atoms with Crippen LogP contribution in [0.5, 0.6) is 5.75 Å². The maximum absolute atomic E-state index is 14.3. The van der Waals surface area contributed by atoms with Crippen LogP contribution in [0.1, 0.15) is 23.0 Å². The number of carbonyl (C=O) groups is 1. The predicted molar refractivity (Wildman–Crippen MR) is 150 cm³/mol. The van der Waals surface area contributed by atoms with Gasteiger partial charge in [-0.05, 0) is 42.3 Å². The number of halogens is 4. The first-order chi connectivity index (χ1) is 19.2. The lowest BCUT2D eigenvalue weighted by molar-refractivity contribution is -0.117. The number of nitrogens with one attached hydrogen (secondary N) is 3. The Balaban J connectivity index is 1.47. The third kappa shape index (κ3) is 5.75. The van der Waals surface area contributed by atoms with Gasteiger partial charge in [0, 0.05) is 28.7 Å². The second-order valence-electron chi connectivity index (χ2n) is 8.90. The fraction of sp³-hybridized carbons (Fsp3) is 0.0690. The zero-order valence-electron chi connectivity index (χ0n) is 20.5. The summed E-state index contributed by atoms with van der Waals surface area (Å²) in [6, 6.07) is 16.7. The average molecular weight is 581 g/mol. The molecule has 0 aliphatic carbocycles. The van der Waals surface area contributed by atoms with E-state index in [0.717, 1.165) is 35.9 Å². The van der Waals surface area contributed by atoms with Crippen LogP contribution in [-0.2, 0) is 11.2 Å². The van der Waals surface area contributed by atoms with Crippen LogP contribution in [0.3, 0.4) is 0 Å². The van der Waals surface area contributed by atoms with Gasteiger partial charge in [-0.25, -0.2) is 13.8 Å². The summed E-state index contributed by atoms with van der Waals surface area (Å²) in [7, 11) is 0. The molecule has 0 bridgehead atoms. The lowest BCUT2D eigenvalue weighted by Gasteiger charge is -2.16. The Morgan fingerprint density at radius 1 is 1.05 bits per heavy atom. The number of fused-ring (bicyclic) bond motifs is 1. The number of rotatable bonds is 7. The van der Waals surface area contributed by atoms with E-state index in [0.29, 0.717) is 34.4 Å². The number of hydrogen-bond acceptors (Lipinski definition) is 4. The van der Waals surface area contributed by atoms with Crippen molar-refractivity contribution in [1.82, 2.24) is 20.3 Å². The maximum Gasteiger partial charge on any atom is 0.252 e. The Kier molecular flexibility index (Phi) is 7.68. The molecule has 11 heteroatoms. The van der Waals surface area contributed by atoms with E-state index in [1.165, 1.54) is 0 Å². The monoisotopic (exact) mass is 580 g/mol. The highest BCUT2D eigenvalue weighted by atomic mass is 35.5. The van der Waals surface area contributed by atoms with Gasteiger partial charge in [0.15, 0.2) is 5.82 Å². The first-order valence-corrected chi connectivity index (χ1v) is 12.7. The van der Waals surface area contributed by atoms with Gasteiger partial charge in [-0.3, -0.25) is 9.59 Å². The molecule has 2 aromatic heterocycles. The molecular weight excluding hydrogens is 561 g/mol. The molecular formula is C29H20Cl2F2N4O3.